The Labute approximate surface area is 180 Å². The van der Waals surface area contributed by atoms with Crippen molar-refractivity contribution >= 4 is 21.8 Å². The predicted molar refractivity (Wildman–Crippen MR) is 119 cm³/mol. The van der Waals surface area contributed by atoms with Gasteiger partial charge in [0, 0.05) is 18.3 Å². The zero-order valence-corrected chi connectivity index (χ0v) is 19.5. The van der Waals surface area contributed by atoms with Crippen LogP contribution < -0.4 is 11.1 Å². The number of nitrogens with two attached hydrogens (primary N) is 1. The molecule has 0 unspecified atom stereocenters. The number of rotatable bonds is 11. The average Bonchev–Trinajstić information content (AvgIpc) is 2.62. The van der Waals surface area contributed by atoms with E-state index in [9.17, 15) is 18.3 Å². The van der Waals surface area contributed by atoms with Crippen LogP contribution in [0.2, 0.25) is 0 Å². The number of unbranched alkanes of at least 4 members (excludes halogenated alkanes) is 1. The molecule has 9 heteroatoms. The van der Waals surface area contributed by atoms with Crippen LogP contribution in [0.4, 0.5) is 10.5 Å². The van der Waals surface area contributed by atoms with Gasteiger partial charge in [0.1, 0.15) is 5.60 Å². The zero-order chi connectivity index (χ0) is 22.9. The molecule has 0 aliphatic carbocycles. The lowest BCUT2D eigenvalue weighted by Gasteiger charge is -2.31. The Kier molecular flexibility index (Phi) is 10.2. The molecular weight excluding hydrogens is 406 g/mol. The van der Waals surface area contributed by atoms with Gasteiger partial charge >= 0.3 is 6.09 Å². The lowest BCUT2D eigenvalue weighted by atomic mass is 10.1. The monoisotopic (exact) mass is 443 g/mol. The molecule has 0 aliphatic rings. The smallest absolute Gasteiger partial charge is 0.412 e. The van der Waals surface area contributed by atoms with Crippen molar-refractivity contribution in [3.63, 3.8) is 0 Å². The molecule has 1 amide bonds. The van der Waals surface area contributed by atoms with Crippen LogP contribution in [-0.2, 0) is 14.8 Å². The first-order valence-corrected chi connectivity index (χ1v) is 11.8. The summed E-state index contributed by atoms with van der Waals surface area (Å²) >= 11 is 0. The maximum Gasteiger partial charge on any atom is 0.412 e. The fourth-order valence-electron chi connectivity index (χ4n) is 2.92. The van der Waals surface area contributed by atoms with Gasteiger partial charge in [0.15, 0.2) is 0 Å². The normalized spacial score (nSPS) is 13.5. The van der Waals surface area contributed by atoms with Gasteiger partial charge in [-0.2, -0.15) is 4.31 Å². The number of benzene rings is 1. The van der Waals surface area contributed by atoms with Crippen molar-refractivity contribution < 1.29 is 23.1 Å². The Morgan fingerprint density at radius 2 is 1.80 bits per heavy atom. The Morgan fingerprint density at radius 1 is 1.20 bits per heavy atom. The highest BCUT2D eigenvalue weighted by Crippen LogP contribution is 2.24. The second kappa shape index (κ2) is 11.6. The molecule has 4 N–H and O–H groups in total. The van der Waals surface area contributed by atoms with Gasteiger partial charge in [-0.1, -0.05) is 20.3 Å². The second-order valence-corrected chi connectivity index (χ2v) is 10.6. The third-order valence-corrected chi connectivity index (χ3v) is 6.19. The first kappa shape index (κ1) is 26.4. The third kappa shape index (κ3) is 8.59. The predicted octanol–water partition coefficient (Wildman–Crippen LogP) is 3.17. The Morgan fingerprint density at radius 3 is 2.27 bits per heavy atom. The summed E-state index contributed by atoms with van der Waals surface area (Å²) < 4.78 is 33.2. The van der Waals surface area contributed by atoms with Crippen LogP contribution in [0.5, 0.6) is 0 Å². The highest BCUT2D eigenvalue weighted by molar-refractivity contribution is 7.89. The van der Waals surface area contributed by atoms with Crippen molar-refractivity contribution in [1.29, 1.82) is 0 Å². The van der Waals surface area contributed by atoms with E-state index in [1.165, 1.54) is 28.6 Å². The number of amides is 1. The standard InChI is InChI=1S/C21H37N3O5S/c1-16(2)14-24(18(15-25)8-6-7-13-22)30(27,28)19-11-9-17(10-12-19)23-20(26)29-21(3,4)5/h9-12,16,18,25H,6-8,13-15,22H2,1-5H3,(H,23,26)/t18-/m0/s1. The fraction of sp³-hybridized carbons (Fsp3) is 0.667. The number of sulfonamides is 1. The molecular formula is C21H37N3O5S. The summed E-state index contributed by atoms with van der Waals surface area (Å²) in [6, 6.07) is 5.43. The van der Waals surface area contributed by atoms with Crippen LogP contribution in [0.25, 0.3) is 0 Å². The Balaban J connectivity index is 3.04. The molecule has 30 heavy (non-hydrogen) atoms. The fourth-order valence-corrected chi connectivity index (χ4v) is 4.73. The Hall–Kier alpha value is -1.68. The largest absolute Gasteiger partial charge is 0.444 e. The van der Waals surface area contributed by atoms with Crippen LogP contribution in [0.3, 0.4) is 0 Å². The maximum absolute atomic E-state index is 13.3. The molecule has 0 fully saturated rings. The van der Waals surface area contributed by atoms with E-state index in [1.54, 1.807) is 20.8 Å². The molecule has 0 radical (unpaired) electrons. The molecule has 8 nitrogen and oxygen atoms in total. The van der Waals surface area contributed by atoms with Crippen LogP contribution in [0.1, 0.15) is 53.9 Å². The number of hydrogen-bond acceptors (Lipinski definition) is 6. The quantitative estimate of drug-likeness (QED) is 0.452. The van der Waals surface area contributed by atoms with E-state index in [-0.39, 0.29) is 17.4 Å². The van der Waals surface area contributed by atoms with Gasteiger partial charge in [-0.05, 0) is 70.3 Å². The van der Waals surface area contributed by atoms with Crippen LogP contribution in [0, 0.1) is 5.92 Å². The summed E-state index contributed by atoms with van der Waals surface area (Å²) in [5.41, 5.74) is 5.34. The lowest BCUT2D eigenvalue weighted by molar-refractivity contribution is 0.0636. The van der Waals surface area contributed by atoms with E-state index >= 15 is 0 Å². The number of anilines is 1. The number of carbonyl (C=O) groups is 1. The van der Waals surface area contributed by atoms with E-state index in [2.05, 4.69) is 5.32 Å². The number of ether oxygens (including phenoxy) is 1. The highest BCUT2D eigenvalue weighted by Gasteiger charge is 2.31. The molecule has 1 aromatic carbocycles. The maximum atomic E-state index is 13.3. The van der Waals surface area contributed by atoms with Crippen LogP contribution >= 0.6 is 0 Å². The summed E-state index contributed by atoms with van der Waals surface area (Å²) in [4.78, 5) is 12.0. The topological polar surface area (TPSA) is 122 Å². The van der Waals surface area contributed by atoms with E-state index in [0.29, 0.717) is 25.2 Å². The number of aliphatic hydroxyl groups excluding tert-OH is 1. The summed E-state index contributed by atoms with van der Waals surface area (Å²) in [7, 11) is -3.82. The van der Waals surface area contributed by atoms with Gasteiger partial charge in [0.2, 0.25) is 10.0 Å². The number of nitrogens with zero attached hydrogens (tertiary/aromatic N) is 1. The zero-order valence-electron chi connectivity index (χ0n) is 18.7. The molecule has 1 aromatic rings. The van der Waals surface area contributed by atoms with Crippen molar-refractivity contribution in [2.45, 2.75) is 70.4 Å². The molecule has 0 bridgehead atoms. The van der Waals surface area contributed by atoms with Crippen molar-refractivity contribution in [3.05, 3.63) is 24.3 Å². The molecule has 1 rings (SSSR count). The van der Waals surface area contributed by atoms with Gasteiger partial charge in [-0.3, -0.25) is 5.32 Å². The summed E-state index contributed by atoms with van der Waals surface area (Å²) in [6.45, 7) is 9.73. The molecule has 0 spiro atoms. The molecule has 0 saturated carbocycles. The van der Waals surface area contributed by atoms with Gasteiger partial charge < -0.3 is 15.6 Å². The van der Waals surface area contributed by atoms with E-state index < -0.39 is 27.8 Å². The van der Waals surface area contributed by atoms with Gasteiger partial charge in [0.05, 0.1) is 11.5 Å². The highest BCUT2D eigenvalue weighted by atomic mass is 32.2. The summed E-state index contributed by atoms with van der Waals surface area (Å²) in [5, 5.41) is 12.4. The third-order valence-electron chi connectivity index (χ3n) is 4.26. The van der Waals surface area contributed by atoms with E-state index in [4.69, 9.17) is 10.5 Å². The Bertz CT molecular complexity index is 758. The second-order valence-electron chi connectivity index (χ2n) is 8.74. The van der Waals surface area contributed by atoms with Crippen molar-refractivity contribution in [3.8, 4) is 0 Å². The van der Waals surface area contributed by atoms with Crippen molar-refractivity contribution in [2.75, 3.05) is 25.0 Å². The molecule has 172 valence electrons. The minimum absolute atomic E-state index is 0.0939. The first-order valence-electron chi connectivity index (χ1n) is 10.3. The number of hydrogen-bond donors (Lipinski definition) is 3. The number of aliphatic hydroxyl groups is 1. The first-order chi connectivity index (χ1) is 13.9. The molecule has 0 aliphatic heterocycles. The van der Waals surface area contributed by atoms with Crippen LogP contribution in [-0.4, -0.2) is 55.3 Å². The number of carbonyl (C=O) groups excluding carboxylic acids is 1. The van der Waals surface area contributed by atoms with E-state index in [0.717, 1.165) is 12.8 Å². The van der Waals surface area contributed by atoms with Gasteiger partial charge in [-0.25, -0.2) is 13.2 Å². The van der Waals surface area contributed by atoms with Gasteiger partial charge in [-0.15, -0.1) is 0 Å². The van der Waals surface area contributed by atoms with Gasteiger partial charge in [0.25, 0.3) is 0 Å². The summed E-state index contributed by atoms with van der Waals surface area (Å²) in [6.07, 6.45) is 1.44. The minimum atomic E-state index is -3.82. The molecule has 0 heterocycles. The van der Waals surface area contributed by atoms with Crippen molar-refractivity contribution in [2.24, 2.45) is 11.7 Å². The molecule has 1 atom stereocenters. The SMILES string of the molecule is CC(C)CN([C@H](CO)CCCCN)S(=O)(=O)c1ccc(NC(=O)OC(C)(C)C)cc1. The average molecular weight is 444 g/mol. The molecule has 0 aromatic heterocycles. The van der Waals surface area contributed by atoms with Crippen molar-refractivity contribution in [1.82, 2.24) is 4.31 Å². The minimum Gasteiger partial charge on any atom is -0.444 e. The number of nitrogens with one attached hydrogen (secondary N) is 1. The summed E-state index contributed by atoms with van der Waals surface area (Å²) in [5.74, 6) is 0.0939. The van der Waals surface area contributed by atoms with E-state index in [1.807, 2.05) is 13.8 Å². The molecule has 0 saturated heterocycles. The lowest BCUT2D eigenvalue weighted by Crippen LogP contribution is -2.44. The van der Waals surface area contributed by atoms with Crippen LogP contribution in [0.15, 0.2) is 29.2 Å².